The van der Waals surface area contributed by atoms with Gasteiger partial charge in [-0.05, 0) is 42.5 Å². The highest BCUT2D eigenvalue weighted by Crippen LogP contribution is 2.31. The van der Waals surface area contributed by atoms with Crippen LogP contribution in [0.4, 0.5) is 5.13 Å². The van der Waals surface area contributed by atoms with Crippen LogP contribution in [0.5, 0.6) is 5.75 Å². The smallest absolute Gasteiger partial charge is 0.275 e. The van der Waals surface area contributed by atoms with Gasteiger partial charge in [0.25, 0.3) is 5.91 Å². The van der Waals surface area contributed by atoms with Gasteiger partial charge in [0.15, 0.2) is 15.0 Å². The number of carbonyl (C=O) groups is 1. The van der Waals surface area contributed by atoms with E-state index in [1.165, 1.54) is 24.3 Å². The Labute approximate surface area is 174 Å². The molecule has 0 aliphatic rings. The number of aromatic amines is 1. The Morgan fingerprint density at radius 2 is 2.00 bits per heavy atom. The average molecular weight is 449 g/mol. The van der Waals surface area contributed by atoms with Crippen LogP contribution in [-0.2, 0) is 9.84 Å². The summed E-state index contributed by atoms with van der Waals surface area (Å²) in [4.78, 5) is 17.0. The molecule has 0 fully saturated rings. The summed E-state index contributed by atoms with van der Waals surface area (Å²) in [7, 11) is -3.33. The number of aromatic nitrogens is 3. The molecule has 2 aromatic heterocycles. The van der Waals surface area contributed by atoms with Gasteiger partial charge in [-0.25, -0.2) is 13.4 Å². The predicted octanol–water partition coefficient (Wildman–Crippen LogP) is 3.70. The van der Waals surface area contributed by atoms with Crippen LogP contribution in [0.1, 0.15) is 10.5 Å². The number of rotatable bonds is 4. The third-order valence-corrected chi connectivity index (χ3v) is 6.34. The van der Waals surface area contributed by atoms with Crippen LogP contribution >= 0.6 is 22.9 Å². The summed E-state index contributed by atoms with van der Waals surface area (Å²) in [6, 6.07) is 10.6. The summed E-state index contributed by atoms with van der Waals surface area (Å²) in [5.74, 6) is -0.492. The maximum atomic E-state index is 12.5. The molecule has 0 saturated heterocycles. The molecule has 29 heavy (non-hydrogen) atoms. The Morgan fingerprint density at radius 1 is 1.21 bits per heavy atom. The van der Waals surface area contributed by atoms with Crippen LogP contribution in [0.25, 0.3) is 21.5 Å². The number of phenolic OH excluding ortho intramolecular Hbond substituents is 1. The lowest BCUT2D eigenvalue weighted by molar-refractivity contribution is 0.102. The molecule has 3 N–H and O–H groups in total. The zero-order valence-electron chi connectivity index (χ0n) is 14.8. The number of thiazole rings is 1. The van der Waals surface area contributed by atoms with Crippen molar-refractivity contribution in [3.63, 3.8) is 0 Å². The lowest BCUT2D eigenvalue weighted by Gasteiger charge is -2.00. The van der Waals surface area contributed by atoms with Gasteiger partial charge < -0.3 is 5.11 Å². The third-order valence-electron chi connectivity index (χ3n) is 4.07. The van der Waals surface area contributed by atoms with Gasteiger partial charge >= 0.3 is 0 Å². The number of anilines is 1. The predicted molar refractivity (Wildman–Crippen MR) is 111 cm³/mol. The normalized spacial score (nSPS) is 11.7. The molecule has 148 valence electrons. The van der Waals surface area contributed by atoms with E-state index in [2.05, 4.69) is 20.5 Å². The van der Waals surface area contributed by atoms with E-state index in [4.69, 9.17) is 11.6 Å². The topological polar surface area (TPSA) is 125 Å². The number of hydrogen-bond donors (Lipinski definition) is 3. The number of carbonyl (C=O) groups excluding carboxylic acids is 1. The molecular weight excluding hydrogens is 436 g/mol. The maximum absolute atomic E-state index is 12.5. The lowest BCUT2D eigenvalue weighted by atomic mass is 10.1. The molecule has 0 atom stereocenters. The van der Waals surface area contributed by atoms with Crippen LogP contribution in [0, 0.1) is 0 Å². The van der Waals surface area contributed by atoms with Gasteiger partial charge in [-0.1, -0.05) is 22.9 Å². The van der Waals surface area contributed by atoms with Crippen molar-refractivity contribution in [1.82, 2.24) is 15.2 Å². The summed E-state index contributed by atoms with van der Waals surface area (Å²) in [5, 5.41) is 20.0. The van der Waals surface area contributed by atoms with Crippen molar-refractivity contribution in [1.29, 1.82) is 0 Å². The van der Waals surface area contributed by atoms with Crippen molar-refractivity contribution in [2.45, 2.75) is 4.90 Å². The van der Waals surface area contributed by atoms with Crippen molar-refractivity contribution in [3.8, 4) is 17.0 Å². The molecule has 4 rings (SSSR count). The number of halogens is 1. The van der Waals surface area contributed by atoms with Gasteiger partial charge in [0.05, 0.1) is 20.8 Å². The van der Waals surface area contributed by atoms with Crippen LogP contribution in [-0.4, -0.2) is 40.9 Å². The number of nitrogens with zero attached hydrogens (tertiary/aromatic N) is 2. The van der Waals surface area contributed by atoms with E-state index in [9.17, 15) is 18.3 Å². The first-order valence-electron chi connectivity index (χ1n) is 8.17. The molecule has 0 saturated carbocycles. The first-order chi connectivity index (χ1) is 13.7. The molecule has 1 amide bonds. The van der Waals surface area contributed by atoms with E-state index >= 15 is 0 Å². The molecule has 2 aromatic carbocycles. The molecule has 0 radical (unpaired) electrons. The Bertz CT molecular complexity index is 1360. The highest BCUT2D eigenvalue weighted by Gasteiger charge is 2.16. The van der Waals surface area contributed by atoms with Crippen LogP contribution in [0.3, 0.4) is 0 Å². The Kier molecular flexibility index (Phi) is 4.77. The van der Waals surface area contributed by atoms with E-state index in [0.29, 0.717) is 31.6 Å². The number of nitrogens with one attached hydrogen (secondary N) is 2. The van der Waals surface area contributed by atoms with Crippen LogP contribution in [0.15, 0.2) is 47.4 Å². The Hall–Kier alpha value is -2.95. The summed E-state index contributed by atoms with van der Waals surface area (Å²) < 4.78 is 24.0. The first kappa shape index (κ1) is 19.4. The molecule has 0 aliphatic carbocycles. The standard InChI is InChI=1S/C18H13ClN4O4S2/c1-29(26,27)10-3-4-12-16(7-10)28-18(20-12)21-17(25)14-8-13(22-23-14)11-6-9(19)2-5-15(11)24/h2-8,24H,1H3,(H,22,23)(H,20,21,25). The molecule has 8 nitrogen and oxygen atoms in total. The van der Waals surface area contributed by atoms with Gasteiger partial charge in [0.1, 0.15) is 11.4 Å². The molecule has 0 aliphatic heterocycles. The van der Waals surface area contributed by atoms with Gasteiger partial charge in [-0.3, -0.25) is 15.2 Å². The van der Waals surface area contributed by atoms with Gasteiger partial charge in [0, 0.05) is 16.8 Å². The van der Waals surface area contributed by atoms with Crippen molar-refractivity contribution >= 4 is 54.0 Å². The first-order valence-corrected chi connectivity index (χ1v) is 11.3. The molecule has 11 heteroatoms. The fourth-order valence-corrected chi connectivity index (χ4v) is 4.44. The number of H-pyrrole nitrogens is 1. The van der Waals surface area contributed by atoms with E-state index in [-0.39, 0.29) is 16.3 Å². The number of fused-ring (bicyclic) bond motifs is 1. The minimum atomic E-state index is -3.33. The zero-order chi connectivity index (χ0) is 20.8. The molecule has 0 spiro atoms. The van der Waals surface area contributed by atoms with Crippen molar-refractivity contribution in [3.05, 3.63) is 53.2 Å². The minimum Gasteiger partial charge on any atom is -0.507 e. The minimum absolute atomic E-state index is 0.0132. The van der Waals surface area contributed by atoms with E-state index in [0.717, 1.165) is 17.6 Å². The fraction of sp³-hybridized carbons (Fsp3) is 0.0556. The summed E-state index contributed by atoms with van der Waals surface area (Å²) in [6.45, 7) is 0. The molecule has 4 aromatic rings. The Balaban J connectivity index is 1.58. The number of sulfone groups is 1. The van der Waals surface area contributed by atoms with Gasteiger partial charge in [0.2, 0.25) is 0 Å². The second-order valence-electron chi connectivity index (χ2n) is 6.20. The molecule has 0 bridgehead atoms. The number of amides is 1. The SMILES string of the molecule is CS(=O)(=O)c1ccc2nc(NC(=O)c3cc(-c4cc(Cl)ccc4O)n[nH]3)sc2c1. The summed E-state index contributed by atoms with van der Waals surface area (Å²) >= 11 is 7.11. The largest absolute Gasteiger partial charge is 0.507 e. The van der Waals surface area contributed by atoms with Gasteiger partial charge in [-0.2, -0.15) is 5.10 Å². The maximum Gasteiger partial charge on any atom is 0.275 e. The van der Waals surface area contributed by atoms with Crippen molar-refractivity contribution in [2.24, 2.45) is 0 Å². The molecule has 0 unspecified atom stereocenters. The van der Waals surface area contributed by atoms with E-state index < -0.39 is 15.7 Å². The molecular formula is C18H13ClN4O4S2. The monoisotopic (exact) mass is 448 g/mol. The third kappa shape index (κ3) is 3.95. The average Bonchev–Trinajstić information content (AvgIpc) is 3.28. The number of benzene rings is 2. The number of phenols is 1. The second kappa shape index (κ2) is 7.14. The lowest BCUT2D eigenvalue weighted by Crippen LogP contribution is -2.11. The second-order valence-corrected chi connectivity index (χ2v) is 9.69. The van der Waals surface area contributed by atoms with Gasteiger partial charge in [-0.15, -0.1) is 0 Å². The van der Waals surface area contributed by atoms with E-state index in [1.54, 1.807) is 18.2 Å². The fourth-order valence-electron chi connectivity index (χ4n) is 2.64. The number of hydrogen-bond acceptors (Lipinski definition) is 7. The van der Waals surface area contributed by atoms with Crippen LogP contribution in [0.2, 0.25) is 5.02 Å². The summed E-state index contributed by atoms with van der Waals surface area (Å²) in [6.07, 6.45) is 1.13. The highest BCUT2D eigenvalue weighted by molar-refractivity contribution is 7.90. The highest BCUT2D eigenvalue weighted by atomic mass is 35.5. The van der Waals surface area contributed by atoms with E-state index in [1.807, 2.05) is 0 Å². The van der Waals surface area contributed by atoms with Crippen molar-refractivity contribution < 1.29 is 18.3 Å². The Morgan fingerprint density at radius 3 is 2.76 bits per heavy atom. The zero-order valence-corrected chi connectivity index (χ0v) is 17.2. The van der Waals surface area contributed by atoms with Crippen LogP contribution < -0.4 is 5.32 Å². The van der Waals surface area contributed by atoms with Crippen molar-refractivity contribution in [2.75, 3.05) is 11.6 Å². The quantitative estimate of drug-likeness (QED) is 0.437. The number of aromatic hydroxyl groups is 1. The molecule has 2 heterocycles. The summed E-state index contributed by atoms with van der Waals surface area (Å²) in [5.41, 5.74) is 1.49.